The van der Waals surface area contributed by atoms with E-state index in [-0.39, 0.29) is 18.7 Å². The zero-order valence-electron chi connectivity index (χ0n) is 11.3. The molecule has 0 atom stereocenters. The maximum Gasteiger partial charge on any atom is 0.319 e. The first kappa shape index (κ1) is 14.8. The van der Waals surface area contributed by atoms with E-state index in [4.69, 9.17) is 9.84 Å². The molecule has 0 bridgehead atoms. The van der Waals surface area contributed by atoms with Gasteiger partial charge in [0.1, 0.15) is 0 Å². The van der Waals surface area contributed by atoms with Crippen molar-refractivity contribution in [1.82, 2.24) is 5.32 Å². The molecular weight excluding hydrogens is 276 g/mol. The number of aliphatic carboxylic acids is 1. The summed E-state index contributed by atoms with van der Waals surface area (Å²) in [6.45, 7) is 0.553. The van der Waals surface area contributed by atoms with Gasteiger partial charge in [-0.15, -0.1) is 0 Å². The Balaban J connectivity index is 1.94. The molecular formula is C14H16N2O5. The second-order valence-electron chi connectivity index (χ2n) is 4.58. The molecule has 1 aromatic rings. The summed E-state index contributed by atoms with van der Waals surface area (Å²) in [6, 6.07) is 4.52. The van der Waals surface area contributed by atoms with E-state index in [2.05, 4.69) is 10.6 Å². The third-order valence-corrected chi connectivity index (χ3v) is 2.99. The first-order valence-corrected chi connectivity index (χ1v) is 6.63. The molecule has 2 rings (SSSR count). The summed E-state index contributed by atoms with van der Waals surface area (Å²) < 4.78 is 5.44. The molecule has 0 saturated carbocycles. The van der Waals surface area contributed by atoms with Crippen LogP contribution in [-0.2, 0) is 4.79 Å². The number of rotatable bonds is 5. The zero-order chi connectivity index (χ0) is 15.2. The number of para-hydroxylation sites is 1. The van der Waals surface area contributed by atoms with Gasteiger partial charge in [-0.25, -0.2) is 4.79 Å². The van der Waals surface area contributed by atoms with Crippen molar-refractivity contribution in [1.29, 1.82) is 0 Å². The van der Waals surface area contributed by atoms with E-state index >= 15 is 0 Å². The van der Waals surface area contributed by atoms with Gasteiger partial charge in [0.25, 0.3) is 0 Å². The number of hydrogen-bond donors (Lipinski definition) is 3. The van der Waals surface area contributed by atoms with Gasteiger partial charge in [-0.1, -0.05) is 6.07 Å². The Morgan fingerprint density at radius 3 is 2.90 bits per heavy atom. The number of ether oxygens (including phenoxy) is 1. The number of hydrogen-bond acceptors (Lipinski definition) is 4. The number of fused-ring (bicyclic) bond motifs is 1. The predicted octanol–water partition coefficient (Wildman–Crippen LogP) is 1.64. The average Bonchev–Trinajstić information content (AvgIpc) is 2.45. The maximum atomic E-state index is 11.7. The lowest BCUT2D eigenvalue weighted by Gasteiger charge is -2.19. The summed E-state index contributed by atoms with van der Waals surface area (Å²) in [7, 11) is 0. The average molecular weight is 292 g/mol. The van der Waals surface area contributed by atoms with Crippen molar-refractivity contribution >= 4 is 23.5 Å². The van der Waals surface area contributed by atoms with E-state index in [9.17, 15) is 14.4 Å². The summed E-state index contributed by atoms with van der Waals surface area (Å²) in [5, 5.41) is 13.6. The number of Topliss-reactive ketones (excluding diaryl/α,β-unsaturated/α-hetero) is 1. The Bertz CT molecular complexity index is 570. The number of carboxylic acids is 1. The Morgan fingerprint density at radius 1 is 1.33 bits per heavy atom. The lowest BCUT2D eigenvalue weighted by atomic mass is 10.0. The van der Waals surface area contributed by atoms with Crippen LogP contribution in [0.4, 0.5) is 10.5 Å². The van der Waals surface area contributed by atoms with Gasteiger partial charge in [0.2, 0.25) is 0 Å². The third-order valence-electron chi connectivity index (χ3n) is 2.99. The minimum absolute atomic E-state index is 0.00136. The molecule has 0 spiro atoms. The number of anilines is 1. The fourth-order valence-electron chi connectivity index (χ4n) is 2.00. The smallest absolute Gasteiger partial charge is 0.319 e. The van der Waals surface area contributed by atoms with E-state index in [0.717, 1.165) is 0 Å². The first-order chi connectivity index (χ1) is 10.1. The summed E-state index contributed by atoms with van der Waals surface area (Å²) in [5.41, 5.74) is 0.890. The van der Waals surface area contributed by atoms with Crippen LogP contribution >= 0.6 is 0 Å². The molecule has 0 unspecified atom stereocenters. The van der Waals surface area contributed by atoms with Crippen LogP contribution in [-0.4, -0.2) is 36.0 Å². The predicted molar refractivity (Wildman–Crippen MR) is 74.8 cm³/mol. The number of urea groups is 1. The maximum absolute atomic E-state index is 11.7. The van der Waals surface area contributed by atoms with Gasteiger partial charge in [-0.2, -0.15) is 0 Å². The molecule has 1 aliphatic rings. The minimum atomic E-state index is -0.902. The van der Waals surface area contributed by atoms with Crippen molar-refractivity contribution < 1.29 is 24.2 Å². The van der Waals surface area contributed by atoms with Gasteiger partial charge in [0.15, 0.2) is 11.5 Å². The second kappa shape index (κ2) is 6.74. The van der Waals surface area contributed by atoms with Crippen LogP contribution in [0.1, 0.15) is 29.6 Å². The van der Waals surface area contributed by atoms with Crippen molar-refractivity contribution in [3.05, 3.63) is 23.8 Å². The second-order valence-corrected chi connectivity index (χ2v) is 4.58. The van der Waals surface area contributed by atoms with Crippen LogP contribution in [0.2, 0.25) is 0 Å². The summed E-state index contributed by atoms with van der Waals surface area (Å²) in [6.07, 6.45) is 0.682. The summed E-state index contributed by atoms with van der Waals surface area (Å²) in [4.78, 5) is 33.8. The van der Waals surface area contributed by atoms with Crippen LogP contribution in [0.3, 0.4) is 0 Å². The Morgan fingerprint density at radius 2 is 2.14 bits per heavy atom. The van der Waals surface area contributed by atoms with Crippen molar-refractivity contribution in [2.75, 3.05) is 18.5 Å². The lowest BCUT2D eigenvalue weighted by Crippen LogP contribution is -2.30. The highest BCUT2D eigenvalue weighted by atomic mass is 16.5. The molecule has 3 N–H and O–H groups in total. The van der Waals surface area contributed by atoms with Crippen LogP contribution < -0.4 is 15.4 Å². The van der Waals surface area contributed by atoms with Crippen molar-refractivity contribution in [2.24, 2.45) is 0 Å². The normalized spacial score (nSPS) is 13.0. The topological polar surface area (TPSA) is 105 Å². The molecule has 1 aromatic carbocycles. The molecule has 0 saturated heterocycles. The number of carbonyl (C=O) groups excluding carboxylic acids is 2. The van der Waals surface area contributed by atoms with Crippen LogP contribution in [0.5, 0.6) is 5.75 Å². The van der Waals surface area contributed by atoms with Crippen molar-refractivity contribution in [3.8, 4) is 5.75 Å². The summed E-state index contributed by atoms with van der Waals surface area (Å²) in [5.74, 6) is -0.530. The Labute approximate surface area is 121 Å². The highest BCUT2D eigenvalue weighted by molar-refractivity contribution is 6.03. The van der Waals surface area contributed by atoms with E-state index in [0.29, 0.717) is 36.4 Å². The van der Waals surface area contributed by atoms with E-state index < -0.39 is 12.0 Å². The standard InChI is InChI=1S/C14H16N2O5/c17-11-6-8-21-13-9(11)3-1-4-10(13)16-14(20)15-7-2-5-12(18)19/h1,3-4H,2,5-8H2,(H,18,19)(H2,15,16,20). The third kappa shape index (κ3) is 3.95. The van der Waals surface area contributed by atoms with Gasteiger partial charge >= 0.3 is 12.0 Å². The summed E-state index contributed by atoms with van der Waals surface area (Å²) >= 11 is 0. The highest BCUT2D eigenvalue weighted by Crippen LogP contribution is 2.32. The number of ketones is 1. The number of benzene rings is 1. The molecule has 0 radical (unpaired) electrons. The van der Waals surface area contributed by atoms with Gasteiger partial charge < -0.3 is 20.5 Å². The number of nitrogens with one attached hydrogen (secondary N) is 2. The Hall–Kier alpha value is -2.57. The SMILES string of the molecule is O=C(O)CCCNC(=O)Nc1cccc2c1OCCC2=O. The minimum Gasteiger partial charge on any atom is -0.490 e. The van der Waals surface area contributed by atoms with Gasteiger partial charge in [0.05, 0.1) is 17.9 Å². The lowest BCUT2D eigenvalue weighted by molar-refractivity contribution is -0.137. The molecule has 0 aliphatic carbocycles. The molecule has 0 aromatic heterocycles. The molecule has 112 valence electrons. The van der Waals surface area contributed by atoms with Crippen molar-refractivity contribution in [2.45, 2.75) is 19.3 Å². The van der Waals surface area contributed by atoms with Crippen LogP contribution in [0.15, 0.2) is 18.2 Å². The van der Waals surface area contributed by atoms with E-state index in [1.54, 1.807) is 18.2 Å². The molecule has 2 amide bonds. The van der Waals surface area contributed by atoms with Crippen LogP contribution in [0, 0.1) is 0 Å². The van der Waals surface area contributed by atoms with Gasteiger partial charge in [0, 0.05) is 19.4 Å². The van der Waals surface area contributed by atoms with Gasteiger partial charge in [-0.05, 0) is 18.6 Å². The molecule has 7 heteroatoms. The Kier molecular flexibility index (Phi) is 4.76. The van der Waals surface area contributed by atoms with Crippen LogP contribution in [0.25, 0.3) is 0 Å². The molecule has 7 nitrogen and oxygen atoms in total. The number of amides is 2. The van der Waals surface area contributed by atoms with Gasteiger partial charge in [-0.3, -0.25) is 9.59 Å². The van der Waals surface area contributed by atoms with E-state index in [1.165, 1.54) is 0 Å². The fraction of sp³-hybridized carbons (Fsp3) is 0.357. The van der Waals surface area contributed by atoms with Crippen molar-refractivity contribution in [3.63, 3.8) is 0 Å². The fourth-order valence-corrected chi connectivity index (χ4v) is 2.00. The quantitative estimate of drug-likeness (QED) is 0.715. The molecule has 1 heterocycles. The monoisotopic (exact) mass is 292 g/mol. The number of carbonyl (C=O) groups is 3. The zero-order valence-corrected chi connectivity index (χ0v) is 11.3. The molecule has 1 aliphatic heterocycles. The largest absolute Gasteiger partial charge is 0.490 e. The molecule has 0 fully saturated rings. The highest BCUT2D eigenvalue weighted by Gasteiger charge is 2.21. The molecule has 21 heavy (non-hydrogen) atoms. The number of carboxylic acid groups (broad SMARTS) is 1. The first-order valence-electron chi connectivity index (χ1n) is 6.63. The van der Waals surface area contributed by atoms with E-state index in [1.807, 2.05) is 0 Å².